The summed E-state index contributed by atoms with van der Waals surface area (Å²) in [4.78, 5) is 12.0. The maximum absolute atomic E-state index is 12.0. The summed E-state index contributed by atoms with van der Waals surface area (Å²) in [6.07, 6.45) is 7.05. The van der Waals surface area contributed by atoms with E-state index in [0.29, 0.717) is 6.04 Å². The van der Waals surface area contributed by atoms with Crippen molar-refractivity contribution in [3.63, 3.8) is 0 Å². The molecule has 100 valence electrons. The molecule has 1 heterocycles. The maximum atomic E-state index is 12.0. The molecule has 1 amide bonds. The highest BCUT2D eigenvalue weighted by Crippen LogP contribution is 2.12. The van der Waals surface area contributed by atoms with Crippen molar-refractivity contribution in [2.75, 3.05) is 6.54 Å². The van der Waals surface area contributed by atoms with E-state index in [0.717, 1.165) is 25.8 Å². The Kier molecular flexibility index (Phi) is 6.56. The third-order valence-electron chi connectivity index (χ3n) is 3.76. The summed E-state index contributed by atoms with van der Waals surface area (Å²) >= 11 is 0. The van der Waals surface area contributed by atoms with E-state index < -0.39 is 0 Å². The van der Waals surface area contributed by atoms with Crippen LogP contribution in [0.4, 0.5) is 0 Å². The Morgan fingerprint density at radius 1 is 1.41 bits per heavy atom. The number of rotatable bonds is 6. The molecule has 1 saturated heterocycles. The second-order valence-corrected chi connectivity index (χ2v) is 5.40. The van der Waals surface area contributed by atoms with Crippen LogP contribution in [0.15, 0.2) is 0 Å². The van der Waals surface area contributed by atoms with Gasteiger partial charge in [0, 0.05) is 18.0 Å². The molecule has 3 atom stereocenters. The molecule has 1 fully saturated rings. The maximum Gasteiger partial charge on any atom is 0.223 e. The van der Waals surface area contributed by atoms with Crippen molar-refractivity contribution in [2.24, 2.45) is 5.92 Å². The van der Waals surface area contributed by atoms with Gasteiger partial charge in [0.1, 0.15) is 0 Å². The van der Waals surface area contributed by atoms with Gasteiger partial charge in [-0.25, -0.2) is 0 Å². The van der Waals surface area contributed by atoms with Crippen molar-refractivity contribution in [2.45, 2.75) is 71.4 Å². The highest BCUT2D eigenvalue weighted by atomic mass is 16.1. The van der Waals surface area contributed by atoms with E-state index in [9.17, 15) is 4.79 Å². The predicted molar refractivity (Wildman–Crippen MR) is 71.9 cm³/mol. The molecule has 0 aromatic carbocycles. The molecule has 3 nitrogen and oxygen atoms in total. The molecular weight excluding hydrogens is 212 g/mol. The molecule has 0 radical (unpaired) electrons. The fourth-order valence-corrected chi connectivity index (χ4v) is 2.41. The third-order valence-corrected chi connectivity index (χ3v) is 3.76. The average molecular weight is 240 g/mol. The normalized spacial score (nSPS) is 24.1. The lowest BCUT2D eigenvalue weighted by molar-refractivity contribution is -0.125. The van der Waals surface area contributed by atoms with Gasteiger partial charge in [0.25, 0.3) is 0 Å². The molecule has 0 spiro atoms. The summed E-state index contributed by atoms with van der Waals surface area (Å²) in [7, 11) is 0. The topological polar surface area (TPSA) is 41.1 Å². The number of amides is 1. The summed E-state index contributed by atoms with van der Waals surface area (Å²) < 4.78 is 0. The Balaban J connectivity index is 2.28. The molecule has 0 aromatic heterocycles. The largest absolute Gasteiger partial charge is 0.352 e. The Morgan fingerprint density at radius 3 is 2.76 bits per heavy atom. The summed E-state index contributed by atoms with van der Waals surface area (Å²) in [5.41, 5.74) is 0. The Bertz CT molecular complexity index is 224. The van der Waals surface area contributed by atoms with Gasteiger partial charge in [-0.1, -0.05) is 33.1 Å². The van der Waals surface area contributed by atoms with Gasteiger partial charge in [-0.15, -0.1) is 0 Å². The van der Waals surface area contributed by atoms with Crippen LogP contribution in [0.5, 0.6) is 0 Å². The van der Waals surface area contributed by atoms with E-state index in [1.807, 2.05) is 6.92 Å². The van der Waals surface area contributed by atoms with Crippen molar-refractivity contribution < 1.29 is 4.79 Å². The molecule has 0 bridgehead atoms. The summed E-state index contributed by atoms with van der Waals surface area (Å²) in [5, 5.41) is 6.65. The standard InChI is InChI=1S/C14H28N2O/c1-4-5-8-11(2)14(17)16-12(3)13-9-6-7-10-15-13/h11-13,15H,4-10H2,1-3H3,(H,16,17). The van der Waals surface area contributed by atoms with E-state index in [2.05, 4.69) is 24.5 Å². The zero-order valence-corrected chi connectivity index (χ0v) is 11.6. The van der Waals surface area contributed by atoms with Gasteiger partial charge >= 0.3 is 0 Å². The highest BCUT2D eigenvalue weighted by molar-refractivity contribution is 5.78. The molecule has 0 aromatic rings. The zero-order chi connectivity index (χ0) is 12.7. The lowest BCUT2D eigenvalue weighted by Crippen LogP contribution is -2.51. The SMILES string of the molecule is CCCCC(C)C(=O)NC(C)C1CCCCN1. The van der Waals surface area contributed by atoms with E-state index in [1.165, 1.54) is 19.3 Å². The van der Waals surface area contributed by atoms with Gasteiger partial charge in [-0.2, -0.15) is 0 Å². The second kappa shape index (κ2) is 7.70. The van der Waals surface area contributed by atoms with Crippen LogP contribution >= 0.6 is 0 Å². The number of piperidine rings is 1. The minimum Gasteiger partial charge on any atom is -0.352 e. The van der Waals surface area contributed by atoms with Gasteiger partial charge < -0.3 is 10.6 Å². The summed E-state index contributed by atoms with van der Waals surface area (Å²) in [6.45, 7) is 7.41. The predicted octanol–water partition coefficient (Wildman–Crippen LogP) is 2.46. The van der Waals surface area contributed by atoms with E-state index in [4.69, 9.17) is 0 Å². The van der Waals surface area contributed by atoms with Crippen LogP contribution in [0.1, 0.15) is 59.3 Å². The number of nitrogens with one attached hydrogen (secondary N) is 2. The van der Waals surface area contributed by atoms with Gasteiger partial charge in [0.15, 0.2) is 0 Å². The number of hydrogen-bond acceptors (Lipinski definition) is 2. The van der Waals surface area contributed by atoms with Gasteiger partial charge in [0.2, 0.25) is 5.91 Å². The van der Waals surface area contributed by atoms with E-state index >= 15 is 0 Å². The minimum atomic E-state index is 0.154. The van der Waals surface area contributed by atoms with Gasteiger partial charge in [0.05, 0.1) is 0 Å². The van der Waals surface area contributed by atoms with Crippen LogP contribution in [0.2, 0.25) is 0 Å². The lowest BCUT2D eigenvalue weighted by atomic mass is 9.97. The van der Waals surface area contributed by atoms with Crippen molar-refractivity contribution in [3.05, 3.63) is 0 Å². The lowest BCUT2D eigenvalue weighted by Gasteiger charge is -2.30. The first-order chi connectivity index (χ1) is 8.15. The molecule has 17 heavy (non-hydrogen) atoms. The summed E-state index contributed by atoms with van der Waals surface area (Å²) in [6, 6.07) is 0.720. The van der Waals surface area contributed by atoms with Crippen LogP contribution in [0, 0.1) is 5.92 Å². The minimum absolute atomic E-state index is 0.154. The number of carbonyl (C=O) groups is 1. The second-order valence-electron chi connectivity index (χ2n) is 5.40. The van der Waals surface area contributed by atoms with Crippen LogP contribution in [0.3, 0.4) is 0 Å². The van der Waals surface area contributed by atoms with Crippen molar-refractivity contribution in [3.8, 4) is 0 Å². The van der Waals surface area contributed by atoms with E-state index in [1.54, 1.807) is 0 Å². The first-order valence-corrected chi connectivity index (χ1v) is 7.19. The monoisotopic (exact) mass is 240 g/mol. The Hall–Kier alpha value is -0.570. The molecule has 1 aliphatic heterocycles. The van der Waals surface area contributed by atoms with Crippen LogP contribution in [-0.2, 0) is 4.79 Å². The molecular formula is C14H28N2O. The van der Waals surface area contributed by atoms with Crippen molar-refractivity contribution in [1.29, 1.82) is 0 Å². The molecule has 1 aliphatic rings. The smallest absolute Gasteiger partial charge is 0.223 e. The number of unbranched alkanes of at least 4 members (excludes halogenated alkanes) is 1. The Labute approximate surface area is 106 Å². The average Bonchev–Trinajstić information content (AvgIpc) is 2.36. The van der Waals surface area contributed by atoms with Crippen LogP contribution in [-0.4, -0.2) is 24.5 Å². The molecule has 0 saturated carbocycles. The third kappa shape index (κ3) is 5.07. The fraction of sp³-hybridized carbons (Fsp3) is 0.929. The van der Waals surface area contributed by atoms with E-state index in [-0.39, 0.29) is 17.9 Å². The number of carbonyl (C=O) groups excluding carboxylic acids is 1. The van der Waals surface area contributed by atoms with Crippen LogP contribution in [0.25, 0.3) is 0 Å². The summed E-state index contributed by atoms with van der Waals surface area (Å²) in [5.74, 6) is 0.374. The zero-order valence-electron chi connectivity index (χ0n) is 11.6. The molecule has 1 rings (SSSR count). The number of hydrogen-bond donors (Lipinski definition) is 2. The molecule has 0 aliphatic carbocycles. The quantitative estimate of drug-likeness (QED) is 0.749. The molecule has 2 N–H and O–H groups in total. The first-order valence-electron chi connectivity index (χ1n) is 7.19. The Morgan fingerprint density at radius 2 is 2.18 bits per heavy atom. The molecule has 3 unspecified atom stereocenters. The fourth-order valence-electron chi connectivity index (χ4n) is 2.41. The van der Waals surface area contributed by atoms with Gasteiger partial charge in [-0.05, 0) is 32.7 Å². The van der Waals surface area contributed by atoms with Gasteiger partial charge in [-0.3, -0.25) is 4.79 Å². The van der Waals surface area contributed by atoms with Crippen molar-refractivity contribution in [1.82, 2.24) is 10.6 Å². The van der Waals surface area contributed by atoms with Crippen LogP contribution < -0.4 is 10.6 Å². The van der Waals surface area contributed by atoms with Crippen molar-refractivity contribution >= 4 is 5.91 Å². The highest BCUT2D eigenvalue weighted by Gasteiger charge is 2.22. The first kappa shape index (κ1) is 14.5. The molecule has 3 heteroatoms.